The van der Waals surface area contributed by atoms with E-state index in [9.17, 15) is 4.79 Å². The van der Waals surface area contributed by atoms with E-state index in [0.29, 0.717) is 0 Å². The third kappa shape index (κ3) is 9.28. The number of carbonyl (C=O) groups is 1. The number of aliphatic carboxylic acids is 1. The average molecular weight is 287 g/mol. The first kappa shape index (κ1) is 19.4. The summed E-state index contributed by atoms with van der Waals surface area (Å²) in [6.45, 7) is 16.5. The maximum atomic E-state index is 11.0. The van der Waals surface area contributed by atoms with Crippen molar-refractivity contribution < 1.29 is 9.90 Å². The fourth-order valence-electron chi connectivity index (χ4n) is 2.31. The molecule has 0 aliphatic heterocycles. The fourth-order valence-corrected chi connectivity index (χ4v) is 2.31. The van der Waals surface area contributed by atoms with Gasteiger partial charge in [0.1, 0.15) is 0 Å². The Hall–Kier alpha value is -0.650. The SMILES string of the molecule is CCCN(CC)CCN(CCN(CC)CC)CC(=O)O. The number of likely N-dealkylation sites (N-methyl/N-ethyl adjacent to an activating group) is 2. The van der Waals surface area contributed by atoms with Crippen LogP contribution in [0.2, 0.25) is 0 Å². The molecule has 0 amide bonds. The predicted molar refractivity (Wildman–Crippen MR) is 84.3 cm³/mol. The van der Waals surface area contributed by atoms with Crippen LogP contribution >= 0.6 is 0 Å². The normalized spacial score (nSPS) is 11.8. The highest BCUT2D eigenvalue weighted by Gasteiger charge is 2.12. The molecule has 0 saturated carbocycles. The van der Waals surface area contributed by atoms with E-state index in [4.69, 9.17) is 5.11 Å². The molecule has 0 aliphatic rings. The van der Waals surface area contributed by atoms with Crippen LogP contribution in [-0.2, 0) is 4.79 Å². The Morgan fingerprint density at radius 1 is 0.750 bits per heavy atom. The van der Waals surface area contributed by atoms with Crippen LogP contribution in [0.25, 0.3) is 0 Å². The molecule has 5 nitrogen and oxygen atoms in total. The van der Waals surface area contributed by atoms with Gasteiger partial charge in [0.25, 0.3) is 0 Å². The highest BCUT2D eigenvalue weighted by atomic mass is 16.4. The summed E-state index contributed by atoms with van der Waals surface area (Å²) in [5, 5.41) is 9.02. The lowest BCUT2D eigenvalue weighted by Gasteiger charge is -2.27. The Morgan fingerprint density at radius 3 is 1.60 bits per heavy atom. The average Bonchev–Trinajstić information content (AvgIpc) is 2.43. The number of rotatable bonds is 13. The van der Waals surface area contributed by atoms with Crippen LogP contribution in [-0.4, -0.2) is 84.7 Å². The third-order valence-electron chi connectivity index (χ3n) is 3.71. The van der Waals surface area contributed by atoms with Gasteiger partial charge in [0.05, 0.1) is 6.54 Å². The molecular formula is C15H33N3O2. The molecule has 0 aromatic rings. The zero-order valence-corrected chi connectivity index (χ0v) is 13.8. The van der Waals surface area contributed by atoms with Crippen LogP contribution in [0.3, 0.4) is 0 Å². The maximum Gasteiger partial charge on any atom is 0.317 e. The molecule has 0 atom stereocenters. The minimum Gasteiger partial charge on any atom is -0.480 e. The summed E-state index contributed by atoms with van der Waals surface area (Å²) >= 11 is 0. The van der Waals surface area contributed by atoms with Gasteiger partial charge in [-0.2, -0.15) is 0 Å². The summed E-state index contributed by atoms with van der Waals surface area (Å²) in [5.74, 6) is -0.733. The highest BCUT2D eigenvalue weighted by molar-refractivity contribution is 5.69. The summed E-state index contributed by atoms with van der Waals surface area (Å²) in [6, 6.07) is 0. The van der Waals surface area contributed by atoms with Crippen molar-refractivity contribution in [2.75, 3.05) is 58.9 Å². The maximum absolute atomic E-state index is 11.0. The molecule has 0 bridgehead atoms. The Labute approximate surface area is 124 Å². The number of hydrogen-bond acceptors (Lipinski definition) is 4. The second-order valence-corrected chi connectivity index (χ2v) is 5.13. The second-order valence-electron chi connectivity index (χ2n) is 5.13. The molecule has 0 unspecified atom stereocenters. The molecule has 0 aromatic heterocycles. The second kappa shape index (κ2) is 12.1. The molecule has 120 valence electrons. The van der Waals surface area contributed by atoms with Gasteiger partial charge in [-0.3, -0.25) is 9.69 Å². The van der Waals surface area contributed by atoms with E-state index in [1.807, 2.05) is 0 Å². The van der Waals surface area contributed by atoms with E-state index in [0.717, 1.165) is 58.8 Å². The quantitative estimate of drug-likeness (QED) is 0.555. The van der Waals surface area contributed by atoms with Gasteiger partial charge in [0, 0.05) is 26.2 Å². The lowest BCUT2D eigenvalue weighted by Crippen LogP contribution is -2.42. The Bertz CT molecular complexity index is 245. The number of nitrogens with zero attached hydrogens (tertiary/aromatic N) is 3. The number of hydrogen-bond donors (Lipinski definition) is 1. The fraction of sp³-hybridized carbons (Fsp3) is 0.933. The van der Waals surface area contributed by atoms with Crippen molar-refractivity contribution in [3.8, 4) is 0 Å². The summed E-state index contributed by atoms with van der Waals surface area (Å²) in [7, 11) is 0. The first-order valence-electron chi connectivity index (χ1n) is 7.96. The largest absolute Gasteiger partial charge is 0.480 e. The molecular weight excluding hydrogens is 254 g/mol. The summed E-state index contributed by atoms with van der Waals surface area (Å²) in [6.07, 6.45) is 1.15. The van der Waals surface area contributed by atoms with Gasteiger partial charge < -0.3 is 14.9 Å². The zero-order chi connectivity index (χ0) is 15.4. The van der Waals surface area contributed by atoms with Gasteiger partial charge in [-0.05, 0) is 32.6 Å². The van der Waals surface area contributed by atoms with Gasteiger partial charge >= 0.3 is 5.97 Å². The van der Waals surface area contributed by atoms with Crippen LogP contribution < -0.4 is 0 Å². The molecule has 5 heteroatoms. The van der Waals surface area contributed by atoms with Gasteiger partial charge in [-0.25, -0.2) is 0 Å². The molecule has 0 saturated heterocycles. The van der Waals surface area contributed by atoms with E-state index in [1.54, 1.807) is 0 Å². The molecule has 1 N–H and O–H groups in total. The van der Waals surface area contributed by atoms with Crippen LogP contribution in [0.1, 0.15) is 34.1 Å². The Balaban J connectivity index is 4.22. The van der Waals surface area contributed by atoms with Crippen molar-refractivity contribution in [3.05, 3.63) is 0 Å². The van der Waals surface area contributed by atoms with Crippen molar-refractivity contribution in [1.29, 1.82) is 0 Å². The molecule has 0 fully saturated rings. The van der Waals surface area contributed by atoms with Crippen LogP contribution in [0.5, 0.6) is 0 Å². The van der Waals surface area contributed by atoms with Crippen molar-refractivity contribution in [1.82, 2.24) is 14.7 Å². The minimum absolute atomic E-state index is 0.144. The summed E-state index contributed by atoms with van der Waals surface area (Å²) in [4.78, 5) is 17.7. The van der Waals surface area contributed by atoms with Gasteiger partial charge in [-0.1, -0.05) is 27.7 Å². The van der Waals surface area contributed by atoms with E-state index in [1.165, 1.54) is 0 Å². The lowest BCUT2D eigenvalue weighted by molar-refractivity contribution is -0.138. The van der Waals surface area contributed by atoms with Crippen molar-refractivity contribution in [2.24, 2.45) is 0 Å². The predicted octanol–water partition coefficient (Wildman–Crippen LogP) is 1.45. The molecule has 0 spiro atoms. The zero-order valence-electron chi connectivity index (χ0n) is 13.8. The summed E-state index contributed by atoms with van der Waals surface area (Å²) in [5.41, 5.74) is 0. The Morgan fingerprint density at radius 2 is 1.20 bits per heavy atom. The van der Waals surface area contributed by atoms with Gasteiger partial charge in [0.15, 0.2) is 0 Å². The van der Waals surface area contributed by atoms with Crippen molar-refractivity contribution in [3.63, 3.8) is 0 Å². The van der Waals surface area contributed by atoms with Gasteiger partial charge in [-0.15, -0.1) is 0 Å². The first-order chi connectivity index (χ1) is 9.57. The lowest BCUT2D eigenvalue weighted by atomic mass is 10.3. The molecule has 0 aliphatic carbocycles. The first-order valence-corrected chi connectivity index (χ1v) is 7.96. The summed E-state index contributed by atoms with van der Waals surface area (Å²) < 4.78 is 0. The topological polar surface area (TPSA) is 47.0 Å². The molecule has 0 heterocycles. The number of carboxylic acid groups (broad SMARTS) is 1. The van der Waals surface area contributed by atoms with Crippen molar-refractivity contribution in [2.45, 2.75) is 34.1 Å². The highest BCUT2D eigenvalue weighted by Crippen LogP contribution is 1.96. The van der Waals surface area contributed by atoms with Crippen LogP contribution in [0, 0.1) is 0 Å². The smallest absolute Gasteiger partial charge is 0.317 e. The number of carboxylic acids is 1. The minimum atomic E-state index is -0.733. The van der Waals surface area contributed by atoms with E-state index in [-0.39, 0.29) is 6.54 Å². The standard InChI is InChI=1S/C15H33N3O2/c1-5-9-17(8-4)11-13-18(14-15(19)20)12-10-16(6-2)7-3/h5-14H2,1-4H3,(H,19,20). The van der Waals surface area contributed by atoms with E-state index < -0.39 is 5.97 Å². The van der Waals surface area contributed by atoms with Crippen LogP contribution in [0.15, 0.2) is 0 Å². The molecule has 0 rings (SSSR count). The van der Waals surface area contributed by atoms with Crippen molar-refractivity contribution >= 4 is 5.97 Å². The third-order valence-corrected chi connectivity index (χ3v) is 3.71. The Kier molecular flexibility index (Phi) is 11.7. The molecule has 0 radical (unpaired) electrons. The van der Waals surface area contributed by atoms with Gasteiger partial charge in [0.2, 0.25) is 0 Å². The van der Waals surface area contributed by atoms with Crippen LogP contribution in [0.4, 0.5) is 0 Å². The monoisotopic (exact) mass is 287 g/mol. The molecule has 0 aromatic carbocycles. The van der Waals surface area contributed by atoms with E-state index >= 15 is 0 Å². The molecule has 20 heavy (non-hydrogen) atoms. The van der Waals surface area contributed by atoms with E-state index in [2.05, 4.69) is 42.4 Å².